The fourth-order valence-electron chi connectivity index (χ4n) is 8.37. The Morgan fingerprint density at radius 1 is 1.03 bits per heavy atom. The highest BCUT2D eigenvalue weighted by atomic mass is 79.9. The van der Waals surface area contributed by atoms with Gasteiger partial charge < -0.3 is 14.5 Å². The van der Waals surface area contributed by atoms with Crippen LogP contribution in [-0.2, 0) is 4.79 Å². The number of benzene rings is 2. The first-order valence-electron chi connectivity index (χ1n) is 13.4. The molecule has 194 valence electrons. The molecule has 1 aromatic heterocycles. The first-order valence-corrected chi connectivity index (χ1v) is 14.2. The van der Waals surface area contributed by atoms with E-state index in [1.54, 1.807) is 14.0 Å². The number of carbonyl (C=O) groups is 1. The summed E-state index contributed by atoms with van der Waals surface area (Å²) in [7, 11) is 6.16. The van der Waals surface area contributed by atoms with Crippen LogP contribution < -0.4 is 4.74 Å². The zero-order valence-corrected chi connectivity index (χ0v) is 23.8. The fraction of sp³-hybridized carbons (Fsp3) is 0.484. The molecule has 0 spiro atoms. The normalized spacial score (nSPS) is 29.0. The lowest BCUT2D eigenvalue weighted by atomic mass is 9.49. The molecule has 37 heavy (non-hydrogen) atoms. The SMILES string of the molecule is COc1nc2ccc(Br)cc2cc1C(c1ccccc1)N(C(C)=O)C12CC3CC(CC(N(C)C)(C3)C1)C2. The Balaban J connectivity index is 1.57. The Morgan fingerprint density at radius 3 is 2.32 bits per heavy atom. The number of fused-ring (bicyclic) bond motifs is 1. The molecule has 7 rings (SSSR count). The number of halogens is 1. The molecule has 4 aliphatic carbocycles. The Bertz CT molecular complexity index is 1330. The second-order valence-electron chi connectivity index (χ2n) is 11.9. The van der Waals surface area contributed by atoms with Crippen molar-refractivity contribution in [2.45, 2.75) is 62.6 Å². The average molecular weight is 563 g/mol. The number of amides is 1. The van der Waals surface area contributed by atoms with E-state index in [9.17, 15) is 4.79 Å². The van der Waals surface area contributed by atoms with Crippen LogP contribution in [0.5, 0.6) is 5.88 Å². The number of nitrogens with zero attached hydrogens (tertiary/aromatic N) is 3. The molecule has 0 saturated heterocycles. The van der Waals surface area contributed by atoms with Gasteiger partial charge in [-0.25, -0.2) is 4.98 Å². The van der Waals surface area contributed by atoms with Crippen molar-refractivity contribution in [1.82, 2.24) is 14.8 Å². The maximum absolute atomic E-state index is 13.9. The Morgan fingerprint density at radius 2 is 1.70 bits per heavy atom. The van der Waals surface area contributed by atoms with E-state index in [0.29, 0.717) is 17.7 Å². The van der Waals surface area contributed by atoms with Gasteiger partial charge in [0, 0.05) is 33.4 Å². The second-order valence-corrected chi connectivity index (χ2v) is 12.8. The van der Waals surface area contributed by atoms with Crippen molar-refractivity contribution in [3.8, 4) is 5.88 Å². The van der Waals surface area contributed by atoms with Crippen molar-refractivity contribution < 1.29 is 9.53 Å². The number of hydrogen-bond acceptors (Lipinski definition) is 4. The first-order chi connectivity index (χ1) is 17.7. The molecule has 0 aliphatic heterocycles. The van der Waals surface area contributed by atoms with Crippen LogP contribution in [-0.4, -0.2) is 53.0 Å². The molecule has 0 radical (unpaired) electrons. The summed E-state index contributed by atoms with van der Waals surface area (Å²) in [6.07, 6.45) is 6.98. The van der Waals surface area contributed by atoms with Gasteiger partial charge in [-0.1, -0.05) is 46.3 Å². The largest absolute Gasteiger partial charge is 0.481 e. The third kappa shape index (κ3) is 4.08. The third-order valence-corrected chi connectivity index (χ3v) is 9.92. The molecule has 3 unspecified atom stereocenters. The van der Waals surface area contributed by atoms with Gasteiger partial charge in [0.15, 0.2) is 0 Å². The molecule has 4 fully saturated rings. The van der Waals surface area contributed by atoms with E-state index >= 15 is 0 Å². The van der Waals surface area contributed by atoms with Gasteiger partial charge in [-0.15, -0.1) is 0 Å². The van der Waals surface area contributed by atoms with Gasteiger partial charge in [-0.3, -0.25) is 4.79 Å². The minimum Gasteiger partial charge on any atom is -0.481 e. The van der Waals surface area contributed by atoms with Crippen molar-refractivity contribution in [3.63, 3.8) is 0 Å². The van der Waals surface area contributed by atoms with Crippen LogP contribution in [0, 0.1) is 11.8 Å². The maximum atomic E-state index is 13.9. The second kappa shape index (κ2) is 9.09. The van der Waals surface area contributed by atoms with Crippen LogP contribution in [0.1, 0.15) is 62.6 Å². The van der Waals surface area contributed by atoms with Crippen LogP contribution in [0.3, 0.4) is 0 Å². The monoisotopic (exact) mass is 561 g/mol. The molecule has 5 nitrogen and oxygen atoms in total. The van der Waals surface area contributed by atoms with E-state index in [1.807, 2.05) is 18.2 Å². The molecule has 4 bridgehead atoms. The van der Waals surface area contributed by atoms with Gasteiger partial charge in [0.05, 0.1) is 18.7 Å². The Kier molecular flexibility index (Phi) is 6.11. The summed E-state index contributed by atoms with van der Waals surface area (Å²) >= 11 is 3.63. The average Bonchev–Trinajstić information content (AvgIpc) is 2.85. The van der Waals surface area contributed by atoms with Gasteiger partial charge in [-0.2, -0.15) is 0 Å². The lowest BCUT2D eigenvalue weighted by Crippen LogP contribution is -2.69. The predicted molar refractivity (Wildman–Crippen MR) is 151 cm³/mol. The molecule has 6 heteroatoms. The van der Waals surface area contributed by atoms with Crippen molar-refractivity contribution in [2.75, 3.05) is 21.2 Å². The zero-order chi connectivity index (χ0) is 25.9. The number of hydrogen-bond donors (Lipinski definition) is 0. The van der Waals surface area contributed by atoms with Gasteiger partial charge in [-0.05, 0) is 94.3 Å². The van der Waals surface area contributed by atoms with Gasteiger partial charge in [0.1, 0.15) is 0 Å². The Labute approximate surface area is 228 Å². The minimum absolute atomic E-state index is 0.126. The minimum atomic E-state index is -0.278. The fourth-order valence-corrected chi connectivity index (χ4v) is 8.75. The third-order valence-electron chi connectivity index (χ3n) is 9.43. The van der Waals surface area contributed by atoms with Crippen molar-refractivity contribution >= 4 is 32.7 Å². The molecule has 4 aliphatic rings. The van der Waals surface area contributed by atoms with Crippen LogP contribution >= 0.6 is 15.9 Å². The molecule has 3 aromatic rings. The van der Waals surface area contributed by atoms with Crippen LogP contribution in [0.2, 0.25) is 0 Å². The van der Waals surface area contributed by atoms with Crippen molar-refractivity contribution in [1.29, 1.82) is 0 Å². The van der Waals surface area contributed by atoms with Gasteiger partial charge in [0.2, 0.25) is 11.8 Å². The van der Waals surface area contributed by atoms with E-state index in [-0.39, 0.29) is 23.0 Å². The standard InChI is InChI=1S/C31H36BrN3O2/c1-20(36)35(31-17-21-12-22(18-31)16-30(15-21,19-31)34(2)3)28(23-8-6-5-7-9-23)26-14-24-13-25(32)10-11-27(24)33-29(26)37-4/h5-11,13-14,21-22,28H,12,15-19H2,1-4H3. The van der Waals surface area contributed by atoms with E-state index in [4.69, 9.17) is 9.72 Å². The van der Waals surface area contributed by atoms with Crippen molar-refractivity contribution in [3.05, 3.63) is 70.2 Å². The lowest BCUT2D eigenvalue weighted by molar-refractivity contribution is -0.167. The molecule has 4 saturated carbocycles. The Hall–Kier alpha value is -2.44. The number of carbonyl (C=O) groups excluding carboxylic acids is 1. The lowest BCUT2D eigenvalue weighted by Gasteiger charge is -2.67. The highest BCUT2D eigenvalue weighted by Crippen LogP contribution is 2.62. The van der Waals surface area contributed by atoms with E-state index in [2.05, 4.69) is 76.2 Å². The summed E-state index contributed by atoms with van der Waals surface area (Å²) in [6.45, 7) is 1.76. The number of aromatic nitrogens is 1. The summed E-state index contributed by atoms with van der Waals surface area (Å²) in [4.78, 5) is 23.5. The van der Waals surface area contributed by atoms with E-state index in [1.165, 1.54) is 19.3 Å². The van der Waals surface area contributed by atoms with E-state index < -0.39 is 0 Å². The maximum Gasteiger partial charge on any atom is 0.220 e. The highest BCUT2D eigenvalue weighted by molar-refractivity contribution is 9.10. The summed E-state index contributed by atoms with van der Waals surface area (Å²) in [6, 6.07) is 18.5. The molecule has 3 atom stereocenters. The summed E-state index contributed by atoms with van der Waals surface area (Å²) in [5.41, 5.74) is 2.91. The van der Waals surface area contributed by atoms with Gasteiger partial charge >= 0.3 is 0 Å². The topological polar surface area (TPSA) is 45.7 Å². The number of pyridine rings is 1. The zero-order valence-electron chi connectivity index (χ0n) is 22.2. The first kappa shape index (κ1) is 24.9. The molecule has 0 N–H and O–H groups in total. The molecular weight excluding hydrogens is 526 g/mol. The number of rotatable bonds is 6. The van der Waals surface area contributed by atoms with Crippen molar-refractivity contribution in [2.24, 2.45) is 11.8 Å². The molecule has 2 aromatic carbocycles. The summed E-state index contributed by atoms with van der Waals surface area (Å²) in [5, 5.41) is 1.03. The smallest absolute Gasteiger partial charge is 0.220 e. The quantitative estimate of drug-likeness (QED) is 0.340. The summed E-state index contributed by atoms with van der Waals surface area (Å²) in [5.74, 6) is 2.03. The van der Waals surface area contributed by atoms with Crippen LogP contribution in [0.15, 0.2) is 59.1 Å². The van der Waals surface area contributed by atoms with Gasteiger partial charge in [0.25, 0.3) is 0 Å². The number of methoxy groups -OCH3 is 1. The predicted octanol–water partition coefficient (Wildman–Crippen LogP) is 6.60. The highest BCUT2D eigenvalue weighted by Gasteiger charge is 2.62. The van der Waals surface area contributed by atoms with E-state index in [0.717, 1.165) is 45.8 Å². The summed E-state index contributed by atoms with van der Waals surface area (Å²) < 4.78 is 6.93. The molecule has 1 heterocycles. The van der Waals surface area contributed by atoms with Crippen LogP contribution in [0.25, 0.3) is 10.9 Å². The molecule has 1 amide bonds. The number of ether oxygens (including phenoxy) is 1. The molecular formula is C31H36BrN3O2. The van der Waals surface area contributed by atoms with Crippen LogP contribution in [0.4, 0.5) is 0 Å².